The highest BCUT2D eigenvalue weighted by molar-refractivity contribution is 5.14. The molecule has 0 heterocycles. The second-order valence-corrected chi connectivity index (χ2v) is 2.97. The molecule has 0 aliphatic carbocycles. The molecule has 0 aromatic heterocycles. The highest BCUT2D eigenvalue weighted by Gasteiger charge is 2.00. The Bertz CT molecular complexity index is 206. The zero-order valence-electron chi connectivity index (χ0n) is 7.24. The molecule has 1 N–H and O–H groups in total. The molecule has 1 heteroatoms. The molecule has 1 nitrogen and oxygen atoms in total. The van der Waals surface area contributed by atoms with Gasteiger partial charge in [-0.25, -0.2) is 0 Å². The molecule has 0 saturated carbocycles. The van der Waals surface area contributed by atoms with E-state index in [1.807, 2.05) is 18.2 Å². The van der Waals surface area contributed by atoms with Crippen molar-refractivity contribution in [1.82, 2.24) is 0 Å². The van der Waals surface area contributed by atoms with Gasteiger partial charge in [-0.3, -0.25) is 0 Å². The van der Waals surface area contributed by atoms with E-state index >= 15 is 0 Å². The van der Waals surface area contributed by atoms with Crippen LogP contribution >= 0.6 is 0 Å². The SMILES string of the molecule is [CH2]CC(O)CCc1ccccc1. The Balaban J connectivity index is 2.33. The monoisotopic (exact) mass is 163 g/mol. The van der Waals surface area contributed by atoms with Crippen LogP contribution in [-0.2, 0) is 6.42 Å². The van der Waals surface area contributed by atoms with Crippen LogP contribution in [0, 0.1) is 6.92 Å². The number of hydrogen-bond donors (Lipinski definition) is 1. The van der Waals surface area contributed by atoms with E-state index in [2.05, 4.69) is 19.1 Å². The number of benzene rings is 1. The van der Waals surface area contributed by atoms with Crippen molar-refractivity contribution in [1.29, 1.82) is 0 Å². The first kappa shape index (κ1) is 9.27. The van der Waals surface area contributed by atoms with Crippen LogP contribution in [0.4, 0.5) is 0 Å². The Kier molecular flexibility index (Phi) is 3.81. The first-order valence-corrected chi connectivity index (χ1v) is 4.34. The van der Waals surface area contributed by atoms with Gasteiger partial charge in [-0.1, -0.05) is 37.3 Å². The third kappa shape index (κ3) is 3.05. The lowest BCUT2D eigenvalue weighted by molar-refractivity contribution is 0.167. The van der Waals surface area contributed by atoms with Crippen molar-refractivity contribution in [2.24, 2.45) is 0 Å². The molecule has 1 aromatic carbocycles. The maximum Gasteiger partial charge on any atom is 0.0543 e. The largest absolute Gasteiger partial charge is 0.393 e. The fourth-order valence-electron chi connectivity index (χ4n) is 1.12. The van der Waals surface area contributed by atoms with Gasteiger partial charge < -0.3 is 5.11 Å². The Labute approximate surface area is 74.1 Å². The number of aliphatic hydroxyl groups is 1. The summed E-state index contributed by atoms with van der Waals surface area (Å²) in [6.07, 6.45) is 2.11. The fourth-order valence-corrected chi connectivity index (χ4v) is 1.12. The molecular formula is C11H15O. The summed E-state index contributed by atoms with van der Waals surface area (Å²) in [5.74, 6) is 0. The zero-order valence-corrected chi connectivity index (χ0v) is 7.24. The van der Waals surface area contributed by atoms with Crippen molar-refractivity contribution in [2.75, 3.05) is 0 Å². The van der Waals surface area contributed by atoms with Crippen LogP contribution in [-0.4, -0.2) is 11.2 Å². The fraction of sp³-hybridized carbons (Fsp3) is 0.364. The first-order chi connectivity index (χ1) is 5.83. The molecule has 1 unspecified atom stereocenters. The van der Waals surface area contributed by atoms with Crippen LogP contribution in [0.25, 0.3) is 0 Å². The van der Waals surface area contributed by atoms with E-state index in [9.17, 15) is 5.11 Å². The summed E-state index contributed by atoms with van der Waals surface area (Å²) in [6, 6.07) is 10.2. The minimum absolute atomic E-state index is 0.245. The van der Waals surface area contributed by atoms with Gasteiger partial charge in [0.15, 0.2) is 0 Å². The maximum atomic E-state index is 9.26. The highest BCUT2D eigenvalue weighted by Crippen LogP contribution is 2.06. The van der Waals surface area contributed by atoms with Gasteiger partial charge in [-0.15, -0.1) is 0 Å². The summed E-state index contributed by atoms with van der Waals surface area (Å²) >= 11 is 0. The number of hydrogen-bond acceptors (Lipinski definition) is 1. The van der Waals surface area contributed by atoms with Gasteiger partial charge >= 0.3 is 0 Å². The minimum Gasteiger partial charge on any atom is -0.393 e. The quantitative estimate of drug-likeness (QED) is 0.721. The topological polar surface area (TPSA) is 20.2 Å². The molecule has 0 aliphatic heterocycles. The summed E-state index contributed by atoms with van der Waals surface area (Å²) in [5.41, 5.74) is 1.28. The van der Waals surface area contributed by atoms with Gasteiger partial charge in [0.2, 0.25) is 0 Å². The molecule has 65 valence electrons. The predicted octanol–water partition coefficient (Wildman–Crippen LogP) is 2.20. The van der Waals surface area contributed by atoms with Gasteiger partial charge in [0, 0.05) is 0 Å². The average molecular weight is 163 g/mol. The molecule has 0 amide bonds. The molecule has 1 radical (unpaired) electrons. The number of aryl methyl sites for hydroxylation is 1. The molecule has 0 fully saturated rings. The lowest BCUT2D eigenvalue weighted by Crippen LogP contribution is -2.05. The van der Waals surface area contributed by atoms with Crippen LogP contribution in [0.3, 0.4) is 0 Å². The maximum absolute atomic E-state index is 9.26. The van der Waals surface area contributed by atoms with Crippen LogP contribution in [0.2, 0.25) is 0 Å². The Morgan fingerprint density at radius 1 is 1.25 bits per heavy atom. The van der Waals surface area contributed by atoms with E-state index in [1.54, 1.807) is 0 Å². The van der Waals surface area contributed by atoms with Crippen LogP contribution in [0.1, 0.15) is 18.4 Å². The number of rotatable bonds is 4. The minimum atomic E-state index is -0.245. The second kappa shape index (κ2) is 4.94. The van der Waals surface area contributed by atoms with Crippen molar-refractivity contribution in [3.8, 4) is 0 Å². The van der Waals surface area contributed by atoms with Gasteiger partial charge in [0.25, 0.3) is 0 Å². The standard InChI is InChI=1S/C11H15O/c1-2-11(12)9-8-10-6-4-3-5-7-10/h3-7,11-12H,1-2,8-9H2. The molecule has 1 rings (SSSR count). The Morgan fingerprint density at radius 3 is 2.50 bits per heavy atom. The van der Waals surface area contributed by atoms with Gasteiger partial charge in [-0.2, -0.15) is 0 Å². The zero-order chi connectivity index (χ0) is 8.81. The van der Waals surface area contributed by atoms with E-state index in [-0.39, 0.29) is 6.10 Å². The second-order valence-electron chi connectivity index (χ2n) is 2.97. The van der Waals surface area contributed by atoms with E-state index < -0.39 is 0 Å². The van der Waals surface area contributed by atoms with Crippen molar-refractivity contribution in [3.63, 3.8) is 0 Å². The van der Waals surface area contributed by atoms with E-state index in [4.69, 9.17) is 0 Å². The molecule has 0 bridgehead atoms. The summed E-state index contributed by atoms with van der Waals surface area (Å²) < 4.78 is 0. The molecule has 0 saturated heterocycles. The molecule has 1 aromatic rings. The molecule has 0 aliphatic rings. The van der Waals surface area contributed by atoms with Crippen molar-refractivity contribution in [2.45, 2.75) is 25.4 Å². The van der Waals surface area contributed by atoms with Gasteiger partial charge in [0.1, 0.15) is 0 Å². The Hall–Kier alpha value is -0.820. The summed E-state index contributed by atoms with van der Waals surface area (Å²) in [6.45, 7) is 3.65. The smallest absolute Gasteiger partial charge is 0.0543 e. The molecular weight excluding hydrogens is 148 g/mol. The third-order valence-electron chi connectivity index (χ3n) is 1.94. The predicted molar refractivity (Wildman–Crippen MR) is 50.7 cm³/mol. The lowest BCUT2D eigenvalue weighted by atomic mass is 10.1. The van der Waals surface area contributed by atoms with Crippen molar-refractivity contribution in [3.05, 3.63) is 42.8 Å². The first-order valence-electron chi connectivity index (χ1n) is 4.34. The van der Waals surface area contributed by atoms with E-state index in [0.29, 0.717) is 6.42 Å². The summed E-state index contributed by atoms with van der Waals surface area (Å²) in [7, 11) is 0. The van der Waals surface area contributed by atoms with Gasteiger partial charge in [-0.05, 0) is 24.8 Å². The average Bonchev–Trinajstić information content (AvgIpc) is 2.16. The van der Waals surface area contributed by atoms with E-state index in [1.165, 1.54) is 5.56 Å². The van der Waals surface area contributed by atoms with E-state index in [0.717, 1.165) is 12.8 Å². The van der Waals surface area contributed by atoms with Crippen LogP contribution in [0.15, 0.2) is 30.3 Å². The molecule has 12 heavy (non-hydrogen) atoms. The van der Waals surface area contributed by atoms with Crippen LogP contribution < -0.4 is 0 Å². The molecule has 1 atom stereocenters. The summed E-state index contributed by atoms with van der Waals surface area (Å²) in [4.78, 5) is 0. The Morgan fingerprint density at radius 2 is 1.92 bits per heavy atom. The third-order valence-corrected chi connectivity index (χ3v) is 1.94. The number of aliphatic hydroxyl groups excluding tert-OH is 1. The van der Waals surface area contributed by atoms with Gasteiger partial charge in [0.05, 0.1) is 6.10 Å². The molecule has 0 spiro atoms. The normalized spacial score (nSPS) is 12.8. The lowest BCUT2D eigenvalue weighted by Gasteiger charge is -2.06. The van der Waals surface area contributed by atoms with Crippen LogP contribution in [0.5, 0.6) is 0 Å². The highest BCUT2D eigenvalue weighted by atomic mass is 16.3. The van der Waals surface area contributed by atoms with Crippen molar-refractivity contribution < 1.29 is 5.11 Å². The van der Waals surface area contributed by atoms with Crippen molar-refractivity contribution >= 4 is 0 Å². The summed E-state index contributed by atoms with van der Waals surface area (Å²) in [5, 5.41) is 9.26.